The van der Waals surface area contributed by atoms with E-state index in [9.17, 15) is 0 Å². The average molecular weight is 154 g/mol. The van der Waals surface area contributed by atoms with Crippen LogP contribution in [0.2, 0.25) is 0 Å². The highest BCUT2D eigenvalue weighted by atomic mass is 32.1. The van der Waals surface area contributed by atoms with Crippen LogP contribution < -0.4 is 0 Å². The SMILES string of the molecule is c1ccsc1.c1nnn[nH]1. The average Bonchev–Trinajstić information content (AvgIpc) is 2.67. The molecular formula is C5H6N4S. The van der Waals surface area contributed by atoms with Crippen molar-refractivity contribution in [1.29, 1.82) is 0 Å². The zero-order chi connectivity index (χ0) is 7.07. The second-order valence-corrected chi connectivity index (χ2v) is 2.17. The number of hydrogen-bond acceptors (Lipinski definition) is 4. The van der Waals surface area contributed by atoms with Crippen LogP contribution in [0.4, 0.5) is 0 Å². The van der Waals surface area contributed by atoms with Gasteiger partial charge in [-0.2, -0.15) is 11.3 Å². The van der Waals surface area contributed by atoms with E-state index in [1.54, 1.807) is 11.3 Å². The van der Waals surface area contributed by atoms with E-state index in [1.165, 1.54) is 6.33 Å². The molecule has 2 rings (SSSR count). The first kappa shape index (κ1) is 6.88. The van der Waals surface area contributed by atoms with Crippen LogP contribution in [-0.2, 0) is 0 Å². The smallest absolute Gasteiger partial charge is 0.135 e. The molecule has 0 unspecified atom stereocenters. The number of aromatic amines is 1. The first-order chi connectivity index (χ1) is 5.00. The molecule has 5 heteroatoms. The van der Waals surface area contributed by atoms with Crippen molar-refractivity contribution in [2.24, 2.45) is 0 Å². The van der Waals surface area contributed by atoms with E-state index in [-0.39, 0.29) is 0 Å². The van der Waals surface area contributed by atoms with Gasteiger partial charge in [-0.1, -0.05) is 12.1 Å². The van der Waals surface area contributed by atoms with Crippen molar-refractivity contribution >= 4 is 11.3 Å². The number of H-pyrrole nitrogens is 1. The van der Waals surface area contributed by atoms with Crippen LogP contribution in [0.3, 0.4) is 0 Å². The summed E-state index contributed by atoms with van der Waals surface area (Å²) in [5.74, 6) is 0. The summed E-state index contributed by atoms with van der Waals surface area (Å²) >= 11 is 1.71. The molecule has 0 radical (unpaired) electrons. The molecule has 0 aliphatic carbocycles. The normalized spacial score (nSPS) is 8.00. The van der Waals surface area contributed by atoms with E-state index >= 15 is 0 Å². The zero-order valence-electron chi connectivity index (χ0n) is 5.14. The van der Waals surface area contributed by atoms with E-state index in [0.29, 0.717) is 0 Å². The lowest BCUT2D eigenvalue weighted by Gasteiger charge is -1.42. The maximum atomic E-state index is 3.31. The Morgan fingerprint density at radius 2 is 2.00 bits per heavy atom. The lowest BCUT2D eigenvalue weighted by Crippen LogP contribution is -1.64. The molecule has 0 saturated heterocycles. The monoisotopic (exact) mass is 154 g/mol. The maximum Gasteiger partial charge on any atom is 0.135 e. The third-order valence-electron chi connectivity index (χ3n) is 0.695. The van der Waals surface area contributed by atoms with Crippen LogP contribution in [0.15, 0.2) is 29.2 Å². The van der Waals surface area contributed by atoms with Gasteiger partial charge in [-0.05, 0) is 21.2 Å². The Bertz CT molecular complexity index is 153. The minimum absolute atomic E-state index is 1.40. The van der Waals surface area contributed by atoms with Gasteiger partial charge < -0.3 is 0 Å². The number of nitrogens with one attached hydrogen (secondary N) is 1. The van der Waals surface area contributed by atoms with E-state index in [4.69, 9.17) is 0 Å². The number of hydrogen-bond donors (Lipinski definition) is 1. The third-order valence-corrected chi connectivity index (χ3v) is 1.32. The second kappa shape index (κ2) is 4.63. The van der Waals surface area contributed by atoms with Gasteiger partial charge in [-0.15, -0.1) is 5.10 Å². The van der Waals surface area contributed by atoms with Gasteiger partial charge >= 0.3 is 0 Å². The van der Waals surface area contributed by atoms with Gasteiger partial charge in [0.15, 0.2) is 0 Å². The van der Waals surface area contributed by atoms with Crippen molar-refractivity contribution in [3.05, 3.63) is 29.2 Å². The molecule has 0 atom stereocenters. The van der Waals surface area contributed by atoms with Crippen LogP contribution in [0.25, 0.3) is 0 Å². The van der Waals surface area contributed by atoms with Crippen molar-refractivity contribution < 1.29 is 0 Å². The van der Waals surface area contributed by atoms with Gasteiger partial charge in [0.05, 0.1) is 0 Å². The first-order valence-corrected chi connectivity index (χ1v) is 3.58. The van der Waals surface area contributed by atoms with Gasteiger partial charge in [0.1, 0.15) is 6.33 Å². The van der Waals surface area contributed by atoms with Gasteiger partial charge in [0.25, 0.3) is 0 Å². The Balaban J connectivity index is 0.0000001000. The summed E-state index contributed by atoms with van der Waals surface area (Å²) in [6, 6.07) is 4.04. The Morgan fingerprint density at radius 1 is 1.20 bits per heavy atom. The largest absolute Gasteiger partial charge is 0.246 e. The predicted molar refractivity (Wildman–Crippen MR) is 38.5 cm³/mol. The number of nitrogens with zero attached hydrogens (tertiary/aromatic N) is 3. The predicted octanol–water partition coefficient (Wildman–Crippen LogP) is 0.948. The van der Waals surface area contributed by atoms with Crippen LogP contribution in [0.1, 0.15) is 0 Å². The quantitative estimate of drug-likeness (QED) is 0.614. The number of rotatable bonds is 0. The third kappa shape index (κ3) is 2.93. The van der Waals surface area contributed by atoms with E-state index in [1.807, 2.05) is 22.9 Å². The molecule has 52 valence electrons. The molecule has 2 heterocycles. The lowest BCUT2D eigenvalue weighted by atomic mass is 10.7. The molecule has 0 aromatic carbocycles. The second-order valence-electron chi connectivity index (χ2n) is 1.36. The molecule has 0 amide bonds. The molecule has 4 nitrogen and oxygen atoms in total. The van der Waals surface area contributed by atoms with Gasteiger partial charge in [-0.3, -0.25) is 0 Å². The minimum atomic E-state index is 1.40. The van der Waals surface area contributed by atoms with Crippen LogP contribution in [0, 0.1) is 0 Å². The molecule has 2 aromatic heterocycles. The zero-order valence-corrected chi connectivity index (χ0v) is 5.95. The number of thiophene rings is 1. The van der Waals surface area contributed by atoms with Crippen molar-refractivity contribution in [2.75, 3.05) is 0 Å². The molecule has 1 N–H and O–H groups in total. The van der Waals surface area contributed by atoms with Gasteiger partial charge in [0.2, 0.25) is 0 Å². The first-order valence-electron chi connectivity index (χ1n) is 2.64. The van der Waals surface area contributed by atoms with Crippen molar-refractivity contribution in [3.8, 4) is 0 Å². The Hall–Kier alpha value is -1.23. The standard InChI is InChI=1S/C4H4S.CH2N4/c2*1-2-4-5-3-1/h1-4H;1H,(H,2,3,4,5). The van der Waals surface area contributed by atoms with Crippen molar-refractivity contribution in [2.45, 2.75) is 0 Å². The van der Waals surface area contributed by atoms with Gasteiger partial charge in [-0.25, -0.2) is 5.10 Å². The van der Waals surface area contributed by atoms with Crippen LogP contribution >= 0.6 is 11.3 Å². The fourth-order valence-corrected chi connectivity index (χ4v) is 0.810. The summed E-state index contributed by atoms with van der Waals surface area (Å²) in [4.78, 5) is 0. The highest BCUT2D eigenvalue weighted by molar-refractivity contribution is 7.07. The summed E-state index contributed by atoms with van der Waals surface area (Å²) in [6.07, 6.45) is 1.40. The van der Waals surface area contributed by atoms with Crippen molar-refractivity contribution in [1.82, 2.24) is 20.6 Å². The fraction of sp³-hybridized carbons (Fsp3) is 0. The summed E-state index contributed by atoms with van der Waals surface area (Å²) in [5, 5.41) is 16.2. The van der Waals surface area contributed by atoms with E-state index in [0.717, 1.165) is 0 Å². The van der Waals surface area contributed by atoms with E-state index in [2.05, 4.69) is 20.6 Å². The van der Waals surface area contributed by atoms with Gasteiger partial charge in [0, 0.05) is 0 Å². The Morgan fingerprint density at radius 3 is 2.20 bits per heavy atom. The van der Waals surface area contributed by atoms with Crippen LogP contribution in [0.5, 0.6) is 0 Å². The summed E-state index contributed by atoms with van der Waals surface area (Å²) in [7, 11) is 0. The highest BCUT2D eigenvalue weighted by Crippen LogP contribution is 1.91. The minimum Gasteiger partial charge on any atom is -0.246 e. The fourth-order valence-electron chi connectivity index (χ4n) is 0.356. The molecule has 0 aliphatic heterocycles. The van der Waals surface area contributed by atoms with Crippen LogP contribution in [-0.4, -0.2) is 20.6 Å². The summed E-state index contributed by atoms with van der Waals surface area (Å²) in [5.41, 5.74) is 0. The molecule has 0 spiro atoms. The molecule has 0 aliphatic rings. The highest BCUT2D eigenvalue weighted by Gasteiger charge is 1.59. The Labute approximate surface area is 61.9 Å². The summed E-state index contributed by atoms with van der Waals surface area (Å²) in [6.45, 7) is 0. The molecule has 0 saturated carbocycles. The Kier molecular flexibility index (Phi) is 3.19. The van der Waals surface area contributed by atoms with Crippen molar-refractivity contribution in [3.63, 3.8) is 0 Å². The lowest BCUT2D eigenvalue weighted by molar-refractivity contribution is 0.881. The molecular weight excluding hydrogens is 148 g/mol. The molecule has 0 fully saturated rings. The molecule has 10 heavy (non-hydrogen) atoms. The molecule has 0 bridgehead atoms. The summed E-state index contributed by atoms with van der Waals surface area (Å²) < 4.78 is 0. The number of aromatic nitrogens is 4. The maximum absolute atomic E-state index is 3.31. The number of tetrazole rings is 1. The van der Waals surface area contributed by atoms with E-state index < -0.39 is 0 Å². The topological polar surface area (TPSA) is 54.5 Å². The molecule has 2 aromatic rings.